The van der Waals surface area contributed by atoms with Gasteiger partial charge >= 0.3 is 18.5 Å². The molecule has 1 heterocycles. The summed E-state index contributed by atoms with van der Waals surface area (Å²) in [5.41, 5.74) is -4.01. The van der Waals surface area contributed by atoms with Crippen molar-refractivity contribution < 1.29 is 44.6 Å². The molecule has 0 saturated heterocycles. The van der Waals surface area contributed by atoms with Crippen LogP contribution in [0.2, 0.25) is 0 Å². The lowest BCUT2D eigenvalue weighted by Crippen LogP contribution is -2.25. The van der Waals surface area contributed by atoms with Crippen LogP contribution < -0.4 is 4.90 Å². The minimum Gasteiger partial charge on any atom is -0.386 e. The third kappa shape index (κ3) is 7.49. The van der Waals surface area contributed by atoms with E-state index in [9.17, 15) is 44.6 Å². The SMILES string of the molecule is Cc1ccc(C(C)(C)O)cc1-c1ccc(C(F)(F)F)cc1CN(Cc1cc(C(F)(F)F)cc(C(F)(F)F)c1)c1nnn(C)n1. The molecule has 1 aromatic heterocycles. The normalized spacial score (nSPS) is 13.0. The van der Waals surface area contributed by atoms with Crippen molar-refractivity contribution in [1.29, 1.82) is 0 Å². The van der Waals surface area contributed by atoms with Gasteiger partial charge in [-0.2, -0.15) is 44.3 Å². The molecule has 4 aromatic rings. The highest BCUT2D eigenvalue weighted by molar-refractivity contribution is 5.72. The van der Waals surface area contributed by atoms with Gasteiger partial charge < -0.3 is 10.0 Å². The molecule has 1 N–H and O–H groups in total. The van der Waals surface area contributed by atoms with E-state index in [1.807, 2.05) is 0 Å². The topological polar surface area (TPSA) is 67.1 Å². The highest BCUT2D eigenvalue weighted by atomic mass is 19.4. The zero-order chi connectivity index (χ0) is 32.8. The number of aliphatic hydroxyl groups is 1. The number of tetrazole rings is 1. The molecule has 0 aliphatic rings. The number of halogens is 9. The molecular formula is C29H26F9N5O. The summed E-state index contributed by atoms with van der Waals surface area (Å²) in [5, 5.41) is 22.0. The predicted octanol–water partition coefficient (Wildman–Crippen LogP) is 7.68. The molecule has 0 aliphatic carbocycles. The van der Waals surface area contributed by atoms with E-state index < -0.39 is 59.5 Å². The van der Waals surface area contributed by atoms with Gasteiger partial charge in [-0.15, -0.1) is 5.10 Å². The molecule has 0 atom stereocenters. The average Bonchev–Trinajstić information content (AvgIpc) is 3.32. The maximum Gasteiger partial charge on any atom is 0.416 e. The van der Waals surface area contributed by atoms with Crippen molar-refractivity contribution in [3.8, 4) is 11.1 Å². The Morgan fingerprint density at radius 2 is 1.27 bits per heavy atom. The third-order valence-electron chi connectivity index (χ3n) is 6.83. The number of hydrogen-bond donors (Lipinski definition) is 1. The number of hydrogen-bond acceptors (Lipinski definition) is 5. The van der Waals surface area contributed by atoms with E-state index in [1.165, 1.54) is 27.0 Å². The summed E-state index contributed by atoms with van der Waals surface area (Å²) in [6.07, 6.45) is -15.0. The molecule has 0 unspecified atom stereocenters. The van der Waals surface area contributed by atoms with Gasteiger partial charge in [-0.05, 0) is 95.8 Å². The lowest BCUT2D eigenvalue weighted by Gasteiger charge is -2.25. The van der Waals surface area contributed by atoms with Crippen molar-refractivity contribution in [1.82, 2.24) is 20.2 Å². The van der Waals surface area contributed by atoms with Gasteiger partial charge in [-0.3, -0.25) is 0 Å². The molecule has 0 saturated carbocycles. The smallest absolute Gasteiger partial charge is 0.386 e. The fourth-order valence-corrected chi connectivity index (χ4v) is 4.59. The quantitative estimate of drug-likeness (QED) is 0.212. The lowest BCUT2D eigenvalue weighted by atomic mass is 9.89. The maximum atomic E-state index is 13.8. The van der Waals surface area contributed by atoms with Gasteiger partial charge in [-0.1, -0.05) is 23.3 Å². The van der Waals surface area contributed by atoms with Crippen LogP contribution in [0.3, 0.4) is 0 Å². The molecule has 6 nitrogen and oxygen atoms in total. The van der Waals surface area contributed by atoms with Crippen LogP contribution in [-0.2, 0) is 44.3 Å². The summed E-state index contributed by atoms with van der Waals surface area (Å²) in [4.78, 5) is 2.12. The molecule has 0 amide bonds. The first-order valence-electron chi connectivity index (χ1n) is 12.9. The molecule has 3 aromatic carbocycles. The summed E-state index contributed by atoms with van der Waals surface area (Å²) < 4.78 is 123. The van der Waals surface area contributed by atoms with Gasteiger partial charge in [0.15, 0.2) is 0 Å². The monoisotopic (exact) mass is 631 g/mol. The summed E-state index contributed by atoms with van der Waals surface area (Å²) >= 11 is 0. The van der Waals surface area contributed by atoms with Gasteiger partial charge in [0, 0.05) is 13.1 Å². The molecule has 0 radical (unpaired) electrons. The first kappa shape index (κ1) is 32.8. The Hall–Kier alpha value is -4.14. The van der Waals surface area contributed by atoms with Crippen molar-refractivity contribution in [3.05, 3.63) is 93.5 Å². The fraction of sp³-hybridized carbons (Fsp3) is 0.345. The number of rotatable bonds is 7. The fourth-order valence-electron chi connectivity index (χ4n) is 4.59. The van der Waals surface area contributed by atoms with E-state index in [2.05, 4.69) is 15.4 Å². The van der Waals surface area contributed by atoms with E-state index in [0.717, 1.165) is 21.8 Å². The zero-order valence-corrected chi connectivity index (χ0v) is 23.7. The standard InChI is InChI=1S/C29H26F9N5O/c1-16-5-6-19(26(2,3)44)13-24(16)23-8-7-20(27(30,31)32)11-18(23)15-43(25-39-41-42(4)40-25)14-17-9-21(28(33,34)35)12-22(10-17)29(36,37)38/h5-13,44H,14-15H2,1-4H3. The number of aryl methyl sites for hydroxylation is 2. The maximum absolute atomic E-state index is 13.8. The molecule has 4 rings (SSSR count). The summed E-state index contributed by atoms with van der Waals surface area (Å²) in [7, 11) is 1.36. The molecule has 0 fully saturated rings. The van der Waals surface area contributed by atoms with Crippen LogP contribution in [0.25, 0.3) is 11.1 Å². The molecule has 0 bridgehead atoms. The van der Waals surface area contributed by atoms with Crippen LogP contribution in [0, 0.1) is 6.92 Å². The van der Waals surface area contributed by atoms with E-state index >= 15 is 0 Å². The van der Waals surface area contributed by atoms with Crippen LogP contribution in [0.5, 0.6) is 0 Å². The summed E-state index contributed by atoms with van der Waals surface area (Å²) in [6.45, 7) is 3.65. The number of benzene rings is 3. The Bertz CT molecular complexity index is 1620. The second-order valence-electron chi connectivity index (χ2n) is 10.8. The van der Waals surface area contributed by atoms with Crippen LogP contribution in [0.1, 0.15) is 52.8 Å². The summed E-state index contributed by atoms with van der Waals surface area (Å²) in [5.74, 6) is -0.246. The average molecular weight is 632 g/mol. The van der Waals surface area contributed by atoms with Crippen molar-refractivity contribution in [2.45, 2.75) is 58.0 Å². The largest absolute Gasteiger partial charge is 0.416 e. The van der Waals surface area contributed by atoms with Gasteiger partial charge in [0.2, 0.25) is 0 Å². The van der Waals surface area contributed by atoms with E-state index in [-0.39, 0.29) is 23.1 Å². The first-order chi connectivity index (χ1) is 20.1. The van der Waals surface area contributed by atoms with Crippen molar-refractivity contribution in [3.63, 3.8) is 0 Å². The van der Waals surface area contributed by atoms with Crippen LogP contribution >= 0.6 is 0 Å². The molecule has 236 valence electrons. The predicted molar refractivity (Wildman–Crippen MR) is 142 cm³/mol. The first-order valence-corrected chi connectivity index (χ1v) is 12.9. The molecule has 0 aliphatic heterocycles. The number of aromatic nitrogens is 4. The number of alkyl halides is 9. The second-order valence-corrected chi connectivity index (χ2v) is 10.8. The van der Waals surface area contributed by atoms with Gasteiger partial charge in [0.05, 0.1) is 29.3 Å². The Morgan fingerprint density at radius 1 is 0.705 bits per heavy atom. The van der Waals surface area contributed by atoms with Crippen LogP contribution in [0.4, 0.5) is 45.5 Å². The van der Waals surface area contributed by atoms with Crippen LogP contribution in [0.15, 0.2) is 54.6 Å². The Morgan fingerprint density at radius 3 is 1.77 bits per heavy atom. The third-order valence-corrected chi connectivity index (χ3v) is 6.83. The van der Waals surface area contributed by atoms with E-state index in [1.54, 1.807) is 25.1 Å². The van der Waals surface area contributed by atoms with Gasteiger partial charge in [0.1, 0.15) is 0 Å². The van der Waals surface area contributed by atoms with Crippen LogP contribution in [-0.4, -0.2) is 25.3 Å². The zero-order valence-electron chi connectivity index (χ0n) is 23.7. The van der Waals surface area contributed by atoms with Gasteiger partial charge in [-0.25, -0.2) is 0 Å². The molecule has 15 heteroatoms. The highest BCUT2D eigenvalue weighted by Crippen LogP contribution is 2.39. The lowest BCUT2D eigenvalue weighted by molar-refractivity contribution is -0.143. The minimum absolute atomic E-state index is 0.0161. The summed E-state index contributed by atoms with van der Waals surface area (Å²) in [6, 6.07) is 8.92. The Balaban J connectivity index is 1.89. The van der Waals surface area contributed by atoms with Crippen molar-refractivity contribution in [2.75, 3.05) is 4.90 Å². The second kappa shape index (κ2) is 11.4. The highest BCUT2D eigenvalue weighted by Gasteiger charge is 2.37. The minimum atomic E-state index is -5.11. The molecule has 0 spiro atoms. The van der Waals surface area contributed by atoms with Crippen molar-refractivity contribution >= 4 is 5.95 Å². The number of nitrogens with zero attached hydrogens (tertiary/aromatic N) is 5. The van der Waals surface area contributed by atoms with E-state index in [4.69, 9.17) is 0 Å². The van der Waals surface area contributed by atoms with Gasteiger partial charge in [0.25, 0.3) is 5.95 Å². The van der Waals surface area contributed by atoms with E-state index in [0.29, 0.717) is 28.8 Å². The molecular weight excluding hydrogens is 605 g/mol. The Labute approximate surface area is 245 Å². The Kier molecular flexibility index (Phi) is 8.50. The molecule has 44 heavy (non-hydrogen) atoms. The van der Waals surface area contributed by atoms with Crippen molar-refractivity contribution in [2.24, 2.45) is 7.05 Å². The number of anilines is 1.